The van der Waals surface area contributed by atoms with Crippen LogP contribution in [0.4, 0.5) is 5.69 Å². The molecule has 1 aromatic rings. The largest absolute Gasteiger partial charge is 0.349 e. The van der Waals surface area contributed by atoms with Crippen molar-refractivity contribution in [2.75, 3.05) is 18.6 Å². The summed E-state index contributed by atoms with van der Waals surface area (Å²) < 4.78 is 5.59. The Labute approximate surface area is 82.9 Å². The average molecular weight is 195 g/mol. The van der Waals surface area contributed by atoms with Crippen LogP contribution in [0.5, 0.6) is 0 Å². The maximum atomic E-state index is 5.59. The Hall–Kier alpha value is -0.670. The van der Waals surface area contributed by atoms with Crippen LogP contribution in [0.15, 0.2) is 29.2 Å². The van der Waals surface area contributed by atoms with Gasteiger partial charge in [0.15, 0.2) is 5.56 Å². The molecule has 0 radical (unpaired) electrons. The predicted molar refractivity (Wildman–Crippen MR) is 56.1 cm³/mol. The van der Waals surface area contributed by atoms with Gasteiger partial charge < -0.3 is 9.64 Å². The highest BCUT2D eigenvalue weighted by molar-refractivity contribution is 8.00. The van der Waals surface area contributed by atoms with Crippen molar-refractivity contribution in [3.8, 4) is 0 Å². The monoisotopic (exact) mass is 195 g/mol. The smallest absolute Gasteiger partial charge is 0.182 e. The molecule has 1 atom stereocenters. The summed E-state index contributed by atoms with van der Waals surface area (Å²) in [6.45, 7) is 2.79. The van der Waals surface area contributed by atoms with Gasteiger partial charge in [-0.2, -0.15) is 0 Å². The maximum absolute atomic E-state index is 5.59. The summed E-state index contributed by atoms with van der Waals surface area (Å²) >= 11 is 1.77. The van der Waals surface area contributed by atoms with E-state index in [1.165, 1.54) is 10.6 Å². The highest BCUT2D eigenvalue weighted by atomic mass is 32.2. The van der Waals surface area contributed by atoms with Gasteiger partial charge in [-0.1, -0.05) is 23.9 Å². The molecule has 0 fully saturated rings. The maximum Gasteiger partial charge on any atom is 0.182 e. The summed E-state index contributed by atoms with van der Waals surface area (Å²) in [6, 6.07) is 8.38. The van der Waals surface area contributed by atoms with E-state index in [-0.39, 0.29) is 5.56 Å². The summed E-state index contributed by atoms with van der Waals surface area (Å²) in [5, 5.41) is 0. The predicted octanol–water partition coefficient (Wildman–Crippen LogP) is 2.55. The van der Waals surface area contributed by atoms with Crippen molar-refractivity contribution in [3.63, 3.8) is 0 Å². The minimum atomic E-state index is 0.155. The van der Waals surface area contributed by atoms with Crippen molar-refractivity contribution in [2.24, 2.45) is 0 Å². The molecule has 0 saturated heterocycles. The molecule has 0 aliphatic carbocycles. The van der Waals surface area contributed by atoms with Gasteiger partial charge in [-0.25, -0.2) is 0 Å². The Morgan fingerprint density at radius 1 is 1.46 bits per heavy atom. The third kappa shape index (κ3) is 1.54. The molecule has 0 N–H and O–H groups in total. The van der Waals surface area contributed by atoms with E-state index in [2.05, 4.69) is 36.2 Å². The molecule has 0 aromatic heterocycles. The van der Waals surface area contributed by atoms with E-state index < -0.39 is 0 Å². The second-order valence-electron chi connectivity index (χ2n) is 2.96. The zero-order valence-corrected chi connectivity index (χ0v) is 8.67. The lowest BCUT2D eigenvalue weighted by Crippen LogP contribution is -2.26. The van der Waals surface area contributed by atoms with Crippen molar-refractivity contribution in [2.45, 2.75) is 17.4 Å². The van der Waals surface area contributed by atoms with Crippen molar-refractivity contribution in [1.29, 1.82) is 0 Å². The lowest BCUT2D eigenvalue weighted by Gasteiger charge is -2.20. The summed E-state index contributed by atoms with van der Waals surface area (Å²) in [5.74, 6) is 0. The Bertz CT molecular complexity index is 303. The van der Waals surface area contributed by atoms with Gasteiger partial charge in [0, 0.05) is 18.6 Å². The highest BCUT2D eigenvalue weighted by Crippen LogP contribution is 2.42. The van der Waals surface area contributed by atoms with Crippen molar-refractivity contribution >= 4 is 17.4 Å². The fourth-order valence-corrected chi connectivity index (χ4v) is 2.62. The molecule has 1 aromatic carbocycles. The van der Waals surface area contributed by atoms with Crippen molar-refractivity contribution in [3.05, 3.63) is 24.3 Å². The van der Waals surface area contributed by atoms with Gasteiger partial charge in [0.25, 0.3) is 0 Å². The molecule has 2 rings (SSSR count). The van der Waals surface area contributed by atoms with E-state index in [0.717, 1.165) is 6.61 Å². The summed E-state index contributed by atoms with van der Waals surface area (Å²) in [4.78, 5) is 3.48. The van der Waals surface area contributed by atoms with Crippen LogP contribution >= 0.6 is 11.8 Å². The second kappa shape index (κ2) is 3.60. The van der Waals surface area contributed by atoms with E-state index in [9.17, 15) is 0 Å². The topological polar surface area (TPSA) is 12.5 Å². The first-order valence-electron chi connectivity index (χ1n) is 4.43. The van der Waals surface area contributed by atoms with Gasteiger partial charge in [0.1, 0.15) is 0 Å². The first-order chi connectivity index (χ1) is 6.33. The van der Waals surface area contributed by atoms with E-state index in [1.807, 2.05) is 6.92 Å². The molecule has 2 nitrogen and oxygen atoms in total. The zero-order valence-electron chi connectivity index (χ0n) is 7.86. The van der Waals surface area contributed by atoms with Gasteiger partial charge in [-0.3, -0.25) is 0 Å². The molecule has 70 valence electrons. The van der Waals surface area contributed by atoms with Crippen LogP contribution in [-0.2, 0) is 4.74 Å². The minimum absolute atomic E-state index is 0.155. The molecule has 0 saturated carbocycles. The van der Waals surface area contributed by atoms with Gasteiger partial charge >= 0.3 is 0 Å². The van der Waals surface area contributed by atoms with Gasteiger partial charge in [0.05, 0.1) is 5.69 Å². The number of benzene rings is 1. The quantitative estimate of drug-likeness (QED) is 0.719. The van der Waals surface area contributed by atoms with Crippen LogP contribution in [0.2, 0.25) is 0 Å². The zero-order chi connectivity index (χ0) is 9.26. The molecule has 0 spiro atoms. The SMILES string of the molecule is CCOC1Sc2ccccc2N1C. The fourth-order valence-electron chi connectivity index (χ4n) is 1.44. The standard InChI is InChI=1S/C10H13NOS/c1-3-12-10-11(2)8-6-4-5-7-9(8)13-10/h4-7,10H,3H2,1-2H3. The molecule has 1 unspecified atom stereocenters. The molecule has 0 bridgehead atoms. The van der Waals surface area contributed by atoms with E-state index >= 15 is 0 Å². The lowest BCUT2D eigenvalue weighted by atomic mass is 10.3. The number of thioether (sulfide) groups is 1. The molecular formula is C10H13NOS. The van der Waals surface area contributed by atoms with Crippen LogP contribution in [0.3, 0.4) is 0 Å². The number of rotatable bonds is 2. The van der Waals surface area contributed by atoms with Gasteiger partial charge in [-0.15, -0.1) is 0 Å². The molecule has 3 heteroatoms. The summed E-state index contributed by atoms with van der Waals surface area (Å²) in [5.41, 5.74) is 1.42. The lowest BCUT2D eigenvalue weighted by molar-refractivity contribution is 0.127. The van der Waals surface area contributed by atoms with Gasteiger partial charge in [0.2, 0.25) is 0 Å². The molecule has 0 amide bonds. The van der Waals surface area contributed by atoms with E-state index in [4.69, 9.17) is 4.74 Å². The first kappa shape index (κ1) is 8.91. The van der Waals surface area contributed by atoms with E-state index in [1.54, 1.807) is 11.8 Å². The highest BCUT2D eigenvalue weighted by Gasteiger charge is 2.26. The van der Waals surface area contributed by atoms with Crippen LogP contribution in [0.1, 0.15) is 6.92 Å². The van der Waals surface area contributed by atoms with Crippen molar-refractivity contribution in [1.82, 2.24) is 0 Å². The molecule has 1 heterocycles. The van der Waals surface area contributed by atoms with Gasteiger partial charge in [-0.05, 0) is 19.1 Å². The molecular weight excluding hydrogens is 182 g/mol. The number of hydrogen-bond donors (Lipinski definition) is 0. The number of para-hydroxylation sites is 1. The number of nitrogens with zero attached hydrogens (tertiary/aromatic N) is 1. The number of hydrogen-bond acceptors (Lipinski definition) is 3. The van der Waals surface area contributed by atoms with Crippen molar-refractivity contribution < 1.29 is 4.74 Å². The van der Waals surface area contributed by atoms with Crippen LogP contribution in [-0.4, -0.2) is 19.2 Å². The summed E-state index contributed by atoms with van der Waals surface area (Å²) in [7, 11) is 2.07. The third-order valence-electron chi connectivity index (χ3n) is 2.10. The Morgan fingerprint density at radius 2 is 2.23 bits per heavy atom. The molecule has 13 heavy (non-hydrogen) atoms. The number of fused-ring (bicyclic) bond motifs is 1. The molecule has 1 aliphatic rings. The number of ether oxygens (including phenoxy) is 1. The van der Waals surface area contributed by atoms with Crippen LogP contribution in [0, 0.1) is 0 Å². The Balaban J connectivity index is 2.22. The minimum Gasteiger partial charge on any atom is -0.349 e. The summed E-state index contributed by atoms with van der Waals surface area (Å²) in [6.07, 6.45) is 0. The molecule has 1 aliphatic heterocycles. The normalized spacial score (nSPS) is 20.5. The third-order valence-corrected chi connectivity index (χ3v) is 3.35. The van der Waals surface area contributed by atoms with Crippen LogP contribution < -0.4 is 4.90 Å². The van der Waals surface area contributed by atoms with Crippen LogP contribution in [0.25, 0.3) is 0 Å². The number of anilines is 1. The van der Waals surface area contributed by atoms with E-state index in [0.29, 0.717) is 0 Å². The Kier molecular flexibility index (Phi) is 2.47. The Morgan fingerprint density at radius 3 is 2.92 bits per heavy atom. The first-order valence-corrected chi connectivity index (χ1v) is 5.31. The second-order valence-corrected chi connectivity index (χ2v) is 4.04. The fraction of sp³-hybridized carbons (Fsp3) is 0.400. The average Bonchev–Trinajstić information content (AvgIpc) is 2.46.